The molecule has 0 radical (unpaired) electrons. The SMILES string of the molecule is C\C=C/C=C(\C=C\C\C=C/C(=C\CC)C(=C\C(=N/C)C(=C\C=C/C)\CC)/C=C/c1ccccc1)C1=CC2C(C)=C(/C=C\CC)C(C)(C)C2C=C1. The number of allylic oxidation sites excluding steroid dienone is 25. The topological polar surface area (TPSA) is 12.4 Å². The van der Waals surface area contributed by atoms with Crippen LogP contribution in [0.5, 0.6) is 0 Å². The van der Waals surface area contributed by atoms with Crippen LogP contribution >= 0.6 is 0 Å². The zero-order chi connectivity index (χ0) is 36.4. The second-order valence-electron chi connectivity index (χ2n) is 13.4. The molecule has 0 aromatic heterocycles. The summed E-state index contributed by atoms with van der Waals surface area (Å²) in [5.74, 6) is 0.919. The number of benzene rings is 1. The highest BCUT2D eigenvalue weighted by molar-refractivity contribution is 6.09. The van der Waals surface area contributed by atoms with Gasteiger partial charge in [0, 0.05) is 13.0 Å². The van der Waals surface area contributed by atoms with E-state index in [9.17, 15) is 0 Å². The zero-order valence-electron chi connectivity index (χ0n) is 32.3. The van der Waals surface area contributed by atoms with Crippen molar-refractivity contribution in [2.45, 2.75) is 81.1 Å². The predicted octanol–water partition coefficient (Wildman–Crippen LogP) is 14.0. The summed E-state index contributed by atoms with van der Waals surface area (Å²) in [6.07, 6.45) is 46.6. The van der Waals surface area contributed by atoms with Crippen molar-refractivity contribution in [3.63, 3.8) is 0 Å². The molecule has 2 atom stereocenters. The van der Waals surface area contributed by atoms with Gasteiger partial charge in [0.05, 0.1) is 5.71 Å². The maximum atomic E-state index is 4.71. The minimum Gasteiger partial charge on any atom is -0.288 e. The van der Waals surface area contributed by atoms with Crippen LogP contribution in [0.25, 0.3) is 6.08 Å². The first-order chi connectivity index (χ1) is 24.2. The Bertz CT molecular complexity index is 1710. The first kappa shape index (κ1) is 39.9. The van der Waals surface area contributed by atoms with Gasteiger partial charge >= 0.3 is 0 Å². The Kier molecular flexibility index (Phi) is 16.7. The van der Waals surface area contributed by atoms with Gasteiger partial charge in [0.15, 0.2) is 0 Å². The van der Waals surface area contributed by atoms with Crippen molar-refractivity contribution in [3.05, 3.63) is 184 Å². The maximum absolute atomic E-state index is 4.71. The molecule has 0 saturated heterocycles. The quantitative estimate of drug-likeness (QED) is 0.123. The maximum Gasteiger partial charge on any atom is 0.0608 e. The molecule has 2 aliphatic rings. The van der Waals surface area contributed by atoms with Crippen molar-refractivity contribution >= 4 is 11.8 Å². The minimum atomic E-state index is 0.130. The Balaban J connectivity index is 1.92. The van der Waals surface area contributed by atoms with Crippen LogP contribution in [0.15, 0.2) is 184 Å². The lowest BCUT2D eigenvalue weighted by Gasteiger charge is -2.32. The Hall–Kier alpha value is -4.49. The van der Waals surface area contributed by atoms with Gasteiger partial charge in [-0.2, -0.15) is 0 Å². The van der Waals surface area contributed by atoms with Gasteiger partial charge in [-0.05, 0) is 103 Å². The van der Waals surface area contributed by atoms with Crippen molar-refractivity contribution in [2.24, 2.45) is 22.2 Å². The molecule has 0 amide bonds. The lowest BCUT2D eigenvalue weighted by atomic mass is 9.71. The lowest BCUT2D eigenvalue weighted by molar-refractivity contribution is 0.319. The molecule has 262 valence electrons. The molecule has 0 saturated carbocycles. The van der Waals surface area contributed by atoms with Crippen LogP contribution in [0.4, 0.5) is 0 Å². The summed E-state index contributed by atoms with van der Waals surface area (Å²) in [5, 5.41) is 0. The molecule has 0 N–H and O–H groups in total. The number of aliphatic imine (C=N–C) groups is 1. The summed E-state index contributed by atoms with van der Waals surface area (Å²) in [4.78, 5) is 4.71. The van der Waals surface area contributed by atoms with Gasteiger partial charge in [0.2, 0.25) is 0 Å². The molecular weight excluding hydrogens is 603 g/mol. The van der Waals surface area contributed by atoms with Crippen molar-refractivity contribution in [2.75, 3.05) is 7.05 Å². The molecule has 1 aromatic carbocycles. The van der Waals surface area contributed by atoms with Gasteiger partial charge in [0.1, 0.15) is 0 Å². The summed E-state index contributed by atoms with van der Waals surface area (Å²) in [5.41, 5.74) is 11.4. The Morgan fingerprint density at radius 2 is 1.56 bits per heavy atom. The number of rotatable bonds is 16. The van der Waals surface area contributed by atoms with Crippen LogP contribution in [0, 0.1) is 17.3 Å². The average Bonchev–Trinajstić information content (AvgIpc) is 3.32. The molecule has 0 spiro atoms. The molecule has 1 heteroatoms. The first-order valence-corrected chi connectivity index (χ1v) is 18.6. The first-order valence-electron chi connectivity index (χ1n) is 18.6. The summed E-state index contributed by atoms with van der Waals surface area (Å²) in [6, 6.07) is 10.5. The third-order valence-corrected chi connectivity index (χ3v) is 9.62. The van der Waals surface area contributed by atoms with Crippen LogP contribution in [0.3, 0.4) is 0 Å². The van der Waals surface area contributed by atoms with E-state index >= 15 is 0 Å². The summed E-state index contributed by atoms with van der Waals surface area (Å²) >= 11 is 0. The van der Waals surface area contributed by atoms with Crippen LogP contribution in [0.1, 0.15) is 86.6 Å². The van der Waals surface area contributed by atoms with E-state index in [1.165, 1.54) is 39.0 Å². The standard InChI is InChI=1S/C49H61N/c1-10-15-27-40(14-5)48(50-9)37-44(33-32-39-25-20-18-21-26-39)41(24-13-4)29-22-19-23-30-42(28-16-11-2)43-34-35-47-45(36-43)38(6)46(31-17-12-3)49(47,7)8/h10-11,15-18,20-37,45,47H,12-14,19H2,1-9H3/b15-10-,16-11-,29-22-,30-23+,31-17-,33-32+,40-27+,41-24+,42-28+,44-37-,50-48+. The fourth-order valence-electron chi connectivity index (χ4n) is 6.85. The van der Waals surface area contributed by atoms with E-state index in [4.69, 9.17) is 4.99 Å². The van der Waals surface area contributed by atoms with E-state index in [1.54, 1.807) is 0 Å². The van der Waals surface area contributed by atoms with Crippen LogP contribution in [-0.4, -0.2) is 12.8 Å². The second-order valence-corrected chi connectivity index (χ2v) is 13.4. The van der Waals surface area contributed by atoms with Gasteiger partial charge in [-0.25, -0.2) is 0 Å². The van der Waals surface area contributed by atoms with Gasteiger partial charge in [-0.15, -0.1) is 0 Å². The van der Waals surface area contributed by atoms with E-state index in [2.05, 4.69) is 194 Å². The normalized spacial score (nSPS) is 21.1. The van der Waals surface area contributed by atoms with E-state index in [-0.39, 0.29) is 5.41 Å². The molecule has 0 aliphatic heterocycles. The highest BCUT2D eigenvalue weighted by Crippen LogP contribution is 2.54. The van der Waals surface area contributed by atoms with Crippen LogP contribution < -0.4 is 0 Å². The van der Waals surface area contributed by atoms with Crippen molar-refractivity contribution < 1.29 is 0 Å². The molecule has 1 aromatic rings. The van der Waals surface area contributed by atoms with E-state index in [0.29, 0.717) is 11.8 Å². The Morgan fingerprint density at radius 1 is 0.840 bits per heavy atom. The van der Waals surface area contributed by atoms with Gasteiger partial charge in [-0.3, -0.25) is 4.99 Å². The summed E-state index contributed by atoms with van der Waals surface area (Å²) < 4.78 is 0. The lowest BCUT2D eigenvalue weighted by Crippen LogP contribution is -2.24. The highest BCUT2D eigenvalue weighted by atomic mass is 14.7. The summed E-state index contributed by atoms with van der Waals surface area (Å²) in [7, 11) is 1.89. The van der Waals surface area contributed by atoms with E-state index in [0.717, 1.165) is 37.0 Å². The molecule has 0 heterocycles. The second kappa shape index (κ2) is 20.9. The summed E-state index contributed by atoms with van der Waals surface area (Å²) in [6.45, 7) is 17.9. The number of fused-ring (bicyclic) bond motifs is 1. The highest BCUT2D eigenvalue weighted by Gasteiger charge is 2.44. The number of hydrogen-bond donors (Lipinski definition) is 0. The zero-order valence-corrected chi connectivity index (χ0v) is 32.3. The third kappa shape index (κ3) is 11.0. The van der Waals surface area contributed by atoms with Crippen LogP contribution in [0.2, 0.25) is 0 Å². The molecule has 3 rings (SSSR count). The molecule has 2 aliphatic carbocycles. The Morgan fingerprint density at radius 3 is 2.22 bits per heavy atom. The molecule has 50 heavy (non-hydrogen) atoms. The van der Waals surface area contributed by atoms with Gasteiger partial charge in [0.25, 0.3) is 0 Å². The van der Waals surface area contributed by atoms with Gasteiger partial charge < -0.3 is 0 Å². The fraction of sp³-hybridized carbons (Fsp3) is 0.327. The van der Waals surface area contributed by atoms with Gasteiger partial charge in [-0.1, -0.05) is 180 Å². The largest absolute Gasteiger partial charge is 0.288 e. The van der Waals surface area contributed by atoms with Crippen molar-refractivity contribution in [1.82, 2.24) is 0 Å². The Labute approximate surface area is 305 Å². The monoisotopic (exact) mass is 663 g/mol. The van der Waals surface area contributed by atoms with E-state index < -0.39 is 0 Å². The van der Waals surface area contributed by atoms with E-state index in [1.807, 2.05) is 14.0 Å². The van der Waals surface area contributed by atoms with Crippen LogP contribution in [-0.2, 0) is 0 Å². The smallest absolute Gasteiger partial charge is 0.0608 e. The molecular formula is C49H61N. The molecule has 1 nitrogen and oxygen atoms in total. The number of nitrogens with zero attached hydrogens (tertiary/aromatic N) is 1. The predicted molar refractivity (Wildman–Crippen MR) is 224 cm³/mol. The molecule has 0 fully saturated rings. The van der Waals surface area contributed by atoms with Crippen molar-refractivity contribution in [1.29, 1.82) is 0 Å². The van der Waals surface area contributed by atoms with Crippen molar-refractivity contribution in [3.8, 4) is 0 Å². The minimum absolute atomic E-state index is 0.130. The number of hydrogen-bond acceptors (Lipinski definition) is 1. The fourth-order valence-corrected chi connectivity index (χ4v) is 6.85. The molecule has 2 unspecified atom stereocenters. The molecule has 0 bridgehead atoms. The third-order valence-electron chi connectivity index (χ3n) is 9.62. The average molecular weight is 664 g/mol.